The molecule has 0 saturated carbocycles. The molecule has 0 saturated heterocycles. The molecular weight excluding hydrogens is 334 g/mol. The highest BCUT2D eigenvalue weighted by Gasteiger charge is 2.33. The quantitative estimate of drug-likeness (QED) is 0.276. The van der Waals surface area contributed by atoms with Gasteiger partial charge in [0.2, 0.25) is 0 Å². The molecule has 0 aliphatic carbocycles. The normalized spacial score (nSPS) is 12.0. The van der Waals surface area contributed by atoms with Crippen LogP contribution in [0.1, 0.15) is 46.1 Å². The van der Waals surface area contributed by atoms with Gasteiger partial charge in [-0.25, -0.2) is 0 Å². The third kappa shape index (κ3) is 9.62. The summed E-state index contributed by atoms with van der Waals surface area (Å²) in [6.07, 6.45) is 2.08. The minimum atomic E-state index is -2.23. The van der Waals surface area contributed by atoms with Crippen LogP contribution in [0.2, 0.25) is 12.6 Å². The summed E-state index contributed by atoms with van der Waals surface area (Å²) < 4.78 is 17.4. The lowest BCUT2D eigenvalue weighted by Gasteiger charge is -2.31. The Morgan fingerprint density at radius 1 is 1.08 bits per heavy atom. The van der Waals surface area contributed by atoms with Gasteiger partial charge in [0.05, 0.1) is 6.61 Å². The number of anilines is 1. The standard InChI is InChI=1S/C19H33NO4Si/c1-15(2)23-25(5,24-16(3)4)14-6-13-22-19(21)12-9-17-7-10-18(20)11-8-17/h7-8,10-11,15-16H,6,9,12-14,20H2,1-5H3. The molecule has 5 nitrogen and oxygen atoms in total. The fourth-order valence-corrected chi connectivity index (χ4v) is 5.80. The Balaban J connectivity index is 2.29. The lowest BCUT2D eigenvalue weighted by Crippen LogP contribution is -2.43. The molecule has 6 heteroatoms. The highest BCUT2D eigenvalue weighted by Crippen LogP contribution is 2.20. The Morgan fingerprint density at radius 2 is 1.64 bits per heavy atom. The first-order valence-electron chi connectivity index (χ1n) is 9.06. The van der Waals surface area contributed by atoms with Crippen molar-refractivity contribution >= 4 is 20.2 Å². The van der Waals surface area contributed by atoms with Gasteiger partial charge in [-0.05, 0) is 70.8 Å². The molecule has 0 atom stereocenters. The molecule has 0 heterocycles. The zero-order chi connectivity index (χ0) is 18.9. The van der Waals surface area contributed by atoms with Gasteiger partial charge in [-0.2, -0.15) is 0 Å². The maximum absolute atomic E-state index is 11.9. The van der Waals surface area contributed by atoms with Crippen LogP contribution in [-0.4, -0.2) is 33.3 Å². The SMILES string of the molecule is CC(C)O[Si](C)(CCCOC(=O)CCc1ccc(N)cc1)OC(C)C. The van der Waals surface area contributed by atoms with Crippen LogP contribution in [0, 0.1) is 0 Å². The number of carbonyl (C=O) groups is 1. The number of hydrogen-bond donors (Lipinski definition) is 1. The summed E-state index contributed by atoms with van der Waals surface area (Å²) in [5.41, 5.74) is 7.46. The Hall–Kier alpha value is -1.37. The molecule has 0 aromatic heterocycles. The van der Waals surface area contributed by atoms with E-state index in [1.54, 1.807) is 0 Å². The van der Waals surface area contributed by atoms with Gasteiger partial charge in [-0.3, -0.25) is 4.79 Å². The number of esters is 1. The molecule has 0 unspecified atom stereocenters. The Morgan fingerprint density at radius 3 is 2.16 bits per heavy atom. The maximum atomic E-state index is 11.9. The zero-order valence-electron chi connectivity index (χ0n) is 16.2. The van der Waals surface area contributed by atoms with Gasteiger partial charge < -0.3 is 19.3 Å². The van der Waals surface area contributed by atoms with E-state index in [1.165, 1.54) is 0 Å². The molecule has 0 aliphatic heterocycles. The number of benzene rings is 1. The number of rotatable bonds is 11. The van der Waals surface area contributed by atoms with Crippen molar-refractivity contribution in [2.24, 2.45) is 0 Å². The minimum absolute atomic E-state index is 0.137. The smallest absolute Gasteiger partial charge is 0.335 e. The van der Waals surface area contributed by atoms with E-state index < -0.39 is 8.56 Å². The zero-order valence-corrected chi connectivity index (χ0v) is 17.2. The number of carbonyl (C=O) groups excluding carboxylic acids is 1. The van der Waals surface area contributed by atoms with Gasteiger partial charge in [0.1, 0.15) is 0 Å². The van der Waals surface area contributed by atoms with Gasteiger partial charge in [0.25, 0.3) is 0 Å². The molecule has 1 rings (SSSR count). The van der Waals surface area contributed by atoms with Crippen LogP contribution in [0.25, 0.3) is 0 Å². The molecule has 0 spiro atoms. The Bertz CT molecular complexity index is 507. The average Bonchev–Trinajstić information content (AvgIpc) is 2.49. The molecule has 0 amide bonds. The van der Waals surface area contributed by atoms with Crippen molar-refractivity contribution in [2.45, 2.75) is 71.8 Å². The van der Waals surface area contributed by atoms with Crippen LogP contribution < -0.4 is 5.73 Å². The summed E-state index contributed by atoms with van der Waals surface area (Å²) >= 11 is 0. The first-order valence-corrected chi connectivity index (χ1v) is 11.6. The van der Waals surface area contributed by atoms with Crippen molar-refractivity contribution in [2.75, 3.05) is 12.3 Å². The van der Waals surface area contributed by atoms with Gasteiger partial charge in [0.15, 0.2) is 0 Å². The van der Waals surface area contributed by atoms with Crippen LogP contribution in [0.3, 0.4) is 0 Å². The van der Waals surface area contributed by atoms with E-state index in [0.29, 0.717) is 19.4 Å². The highest BCUT2D eigenvalue weighted by molar-refractivity contribution is 6.66. The van der Waals surface area contributed by atoms with Crippen LogP contribution >= 0.6 is 0 Å². The molecule has 2 N–H and O–H groups in total. The molecule has 0 bridgehead atoms. The third-order valence-corrected chi connectivity index (χ3v) is 6.81. The molecule has 0 radical (unpaired) electrons. The number of hydrogen-bond acceptors (Lipinski definition) is 5. The molecule has 1 aromatic rings. The molecule has 142 valence electrons. The van der Waals surface area contributed by atoms with Gasteiger partial charge in [-0.15, -0.1) is 0 Å². The predicted octanol–water partition coefficient (Wildman–Crippen LogP) is 4.06. The Labute approximate surface area is 153 Å². The van der Waals surface area contributed by atoms with E-state index in [2.05, 4.69) is 6.55 Å². The molecule has 0 fully saturated rings. The molecule has 25 heavy (non-hydrogen) atoms. The monoisotopic (exact) mass is 367 g/mol. The van der Waals surface area contributed by atoms with E-state index in [1.807, 2.05) is 52.0 Å². The van der Waals surface area contributed by atoms with E-state index in [0.717, 1.165) is 23.7 Å². The van der Waals surface area contributed by atoms with E-state index in [-0.39, 0.29) is 18.2 Å². The van der Waals surface area contributed by atoms with Crippen LogP contribution in [0.4, 0.5) is 5.69 Å². The number of nitrogens with two attached hydrogens (primary N) is 1. The largest absolute Gasteiger partial charge is 0.466 e. The van der Waals surface area contributed by atoms with Crippen molar-refractivity contribution in [3.63, 3.8) is 0 Å². The summed E-state index contributed by atoms with van der Waals surface area (Å²) in [6.45, 7) is 10.6. The second-order valence-corrected chi connectivity index (χ2v) is 10.3. The van der Waals surface area contributed by atoms with E-state index in [9.17, 15) is 4.79 Å². The van der Waals surface area contributed by atoms with E-state index in [4.69, 9.17) is 19.3 Å². The summed E-state index contributed by atoms with van der Waals surface area (Å²) in [6, 6.07) is 8.37. The van der Waals surface area contributed by atoms with E-state index >= 15 is 0 Å². The first kappa shape index (κ1) is 21.7. The predicted molar refractivity (Wildman–Crippen MR) is 104 cm³/mol. The van der Waals surface area contributed by atoms with Crippen molar-refractivity contribution in [1.82, 2.24) is 0 Å². The van der Waals surface area contributed by atoms with Crippen LogP contribution in [0.15, 0.2) is 24.3 Å². The number of aryl methyl sites for hydroxylation is 1. The third-order valence-electron chi connectivity index (χ3n) is 3.61. The second-order valence-electron chi connectivity index (χ2n) is 7.03. The topological polar surface area (TPSA) is 70.8 Å². The fourth-order valence-electron chi connectivity index (χ4n) is 2.72. The molecule has 0 aliphatic rings. The average molecular weight is 368 g/mol. The van der Waals surface area contributed by atoms with Gasteiger partial charge in [-0.1, -0.05) is 12.1 Å². The minimum Gasteiger partial charge on any atom is -0.466 e. The van der Waals surface area contributed by atoms with Gasteiger partial charge >= 0.3 is 14.5 Å². The van der Waals surface area contributed by atoms with Gasteiger partial charge in [0, 0.05) is 24.3 Å². The van der Waals surface area contributed by atoms with Crippen molar-refractivity contribution < 1.29 is 18.4 Å². The molecule has 1 aromatic carbocycles. The fraction of sp³-hybridized carbons (Fsp3) is 0.632. The highest BCUT2D eigenvalue weighted by atomic mass is 28.4. The number of nitrogen functional groups attached to an aromatic ring is 1. The van der Waals surface area contributed by atoms with Crippen molar-refractivity contribution in [3.8, 4) is 0 Å². The second kappa shape index (κ2) is 10.6. The summed E-state index contributed by atoms with van der Waals surface area (Å²) in [5, 5.41) is 0. The Kier molecular flexibility index (Phi) is 9.17. The van der Waals surface area contributed by atoms with Crippen LogP contribution in [0.5, 0.6) is 0 Å². The summed E-state index contributed by atoms with van der Waals surface area (Å²) in [7, 11) is -2.23. The maximum Gasteiger partial charge on any atom is 0.335 e. The first-order chi connectivity index (χ1) is 11.7. The van der Waals surface area contributed by atoms with Crippen molar-refractivity contribution in [3.05, 3.63) is 29.8 Å². The van der Waals surface area contributed by atoms with Crippen molar-refractivity contribution in [1.29, 1.82) is 0 Å². The van der Waals surface area contributed by atoms with Crippen LogP contribution in [-0.2, 0) is 24.8 Å². The lowest BCUT2D eigenvalue weighted by atomic mass is 10.1. The summed E-state index contributed by atoms with van der Waals surface area (Å²) in [4.78, 5) is 11.9. The lowest BCUT2D eigenvalue weighted by molar-refractivity contribution is -0.143. The summed E-state index contributed by atoms with van der Waals surface area (Å²) in [5.74, 6) is -0.172. The number of ether oxygens (including phenoxy) is 1. The molecular formula is C19H33NO4Si.